The second-order valence-corrected chi connectivity index (χ2v) is 8.19. The summed E-state index contributed by atoms with van der Waals surface area (Å²) in [4.78, 5) is 24.3. The monoisotopic (exact) mass is 514 g/mol. The fourth-order valence-corrected chi connectivity index (χ4v) is 3.58. The minimum absolute atomic E-state index is 0.181. The number of hydrogen-bond donors (Lipinski definition) is 1. The van der Waals surface area contributed by atoms with Crippen molar-refractivity contribution in [1.82, 2.24) is 0 Å². The Bertz CT molecular complexity index is 1280. The van der Waals surface area contributed by atoms with E-state index in [0.717, 1.165) is 5.56 Å². The fraction of sp³-hybridized carbons (Fsp3) is 0.0800. The second-order valence-electron chi connectivity index (χ2n) is 6.91. The number of nitrogens with one attached hydrogen (secondary N) is 1. The molecule has 6 nitrogen and oxygen atoms in total. The first-order valence-corrected chi connectivity index (χ1v) is 10.9. The zero-order valence-corrected chi connectivity index (χ0v) is 20.0. The van der Waals surface area contributed by atoms with Crippen LogP contribution in [0.25, 0.3) is 6.08 Å². The quantitative estimate of drug-likeness (QED) is 0.219. The maximum absolute atomic E-state index is 12.7. The Hall–Kier alpha value is -3.50. The van der Waals surface area contributed by atoms with Gasteiger partial charge in [0.15, 0.2) is 0 Å². The van der Waals surface area contributed by atoms with E-state index >= 15 is 0 Å². The van der Waals surface area contributed by atoms with Crippen molar-refractivity contribution < 1.29 is 19.1 Å². The molecule has 3 aromatic carbocycles. The molecule has 1 amide bonds. The van der Waals surface area contributed by atoms with Gasteiger partial charge >= 0.3 is 5.97 Å². The lowest BCUT2D eigenvalue weighted by molar-refractivity contribution is -0.112. The van der Waals surface area contributed by atoms with Gasteiger partial charge in [0.05, 0.1) is 17.7 Å². The number of carbonyl (C=O) groups excluding carboxylic acids is 2. The molecule has 0 spiro atoms. The maximum atomic E-state index is 12.7. The highest BCUT2D eigenvalue weighted by molar-refractivity contribution is 6.36. The van der Waals surface area contributed by atoms with Gasteiger partial charge in [0.2, 0.25) is 0 Å². The summed E-state index contributed by atoms with van der Waals surface area (Å²) in [7, 11) is 1.28. The SMILES string of the molecule is COC(=O)c1ccc(NC(=O)/C(C#N)=C/c2cc(Cl)cc(Cl)c2OCc2ccc(Cl)cc2)cc1. The van der Waals surface area contributed by atoms with Crippen molar-refractivity contribution >= 4 is 58.4 Å². The summed E-state index contributed by atoms with van der Waals surface area (Å²) in [6.45, 7) is 0.181. The van der Waals surface area contributed by atoms with Crippen molar-refractivity contribution in [1.29, 1.82) is 5.26 Å². The molecule has 0 aromatic heterocycles. The van der Waals surface area contributed by atoms with E-state index in [4.69, 9.17) is 39.5 Å². The first kappa shape index (κ1) is 25.1. The van der Waals surface area contributed by atoms with Gasteiger partial charge in [-0.25, -0.2) is 4.79 Å². The van der Waals surface area contributed by atoms with E-state index in [0.29, 0.717) is 26.9 Å². The van der Waals surface area contributed by atoms with Crippen LogP contribution in [0.2, 0.25) is 15.1 Å². The van der Waals surface area contributed by atoms with E-state index in [9.17, 15) is 14.9 Å². The van der Waals surface area contributed by atoms with Crippen LogP contribution >= 0.6 is 34.8 Å². The predicted octanol–water partition coefficient (Wildman–Crippen LogP) is 6.56. The van der Waals surface area contributed by atoms with E-state index < -0.39 is 11.9 Å². The number of benzene rings is 3. The molecule has 0 heterocycles. The number of amides is 1. The molecule has 0 unspecified atom stereocenters. The number of ether oxygens (including phenoxy) is 2. The van der Waals surface area contributed by atoms with Gasteiger partial charge in [-0.05, 0) is 60.2 Å². The minimum atomic E-state index is -0.659. The summed E-state index contributed by atoms with van der Waals surface area (Å²) in [5, 5.41) is 13.3. The van der Waals surface area contributed by atoms with E-state index in [1.807, 2.05) is 6.07 Å². The van der Waals surface area contributed by atoms with Crippen LogP contribution < -0.4 is 10.1 Å². The summed E-state index contributed by atoms with van der Waals surface area (Å²) < 4.78 is 10.5. The summed E-state index contributed by atoms with van der Waals surface area (Å²) in [6, 6.07) is 18.1. The Morgan fingerprint density at radius 2 is 1.68 bits per heavy atom. The lowest BCUT2D eigenvalue weighted by Gasteiger charge is -2.13. The molecule has 0 aliphatic heterocycles. The minimum Gasteiger partial charge on any atom is -0.487 e. The van der Waals surface area contributed by atoms with Crippen LogP contribution in [0.1, 0.15) is 21.5 Å². The molecule has 0 saturated carbocycles. The molecule has 0 fully saturated rings. The average molecular weight is 516 g/mol. The topological polar surface area (TPSA) is 88.4 Å². The predicted molar refractivity (Wildman–Crippen MR) is 132 cm³/mol. The Morgan fingerprint density at radius 3 is 2.29 bits per heavy atom. The van der Waals surface area contributed by atoms with Crippen molar-refractivity contribution in [2.45, 2.75) is 6.61 Å². The van der Waals surface area contributed by atoms with Crippen LogP contribution in [-0.4, -0.2) is 19.0 Å². The molecule has 0 atom stereocenters. The highest BCUT2D eigenvalue weighted by atomic mass is 35.5. The van der Waals surface area contributed by atoms with Crippen molar-refractivity contribution in [3.8, 4) is 11.8 Å². The number of halogens is 3. The summed E-state index contributed by atoms with van der Waals surface area (Å²) >= 11 is 18.4. The van der Waals surface area contributed by atoms with E-state index in [-0.39, 0.29) is 23.0 Å². The van der Waals surface area contributed by atoms with Gasteiger partial charge in [-0.15, -0.1) is 0 Å². The zero-order valence-electron chi connectivity index (χ0n) is 17.8. The number of nitrogens with zero attached hydrogens (tertiary/aromatic N) is 1. The molecule has 0 aliphatic carbocycles. The van der Waals surface area contributed by atoms with Gasteiger partial charge in [0, 0.05) is 21.3 Å². The van der Waals surface area contributed by atoms with Gasteiger partial charge in [-0.1, -0.05) is 46.9 Å². The largest absolute Gasteiger partial charge is 0.487 e. The Labute approximate surface area is 211 Å². The third-order valence-corrected chi connectivity index (χ3v) is 5.31. The third-order valence-electron chi connectivity index (χ3n) is 4.56. The van der Waals surface area contributed by atoms with Crippen LogP contribution in [0, 0.1) is 11.3 Å². The van der Waals surface area contributed by atoms with Gasteiger partial charge in [0.1, 0.15) is 24.0 Å². The smallest absolute Gasteiger partial charge is 0.337 e. The van der Waals surface area contributed by atoms with E-state index in [2.05, 4.69) is 10.1 Å². The number of esters is 1. The Balaban J connectivity index is 1.84. The normalized spacial score (nSPS) is 10.9. The lowest BCUT2D eigenvalue weighted by Crippen LogP contribution is -2.13. The number of carbonyl (C=O) groups is 2. The maximum Gasteiger partial charge on any atom is 0.337 e. The number of rotatable bonds is 7. The zero-order chi connectivity index (χ0) is 24.7. The standard InChI is InChI=1S/C25H17Cl3N2O4/c1-33-25(32)16-4-8-21(9-5-16)30-24(31)18(13-29)10-17-11-20(27)12-22(28)23(17)34-14-15-2-6-19(26)7-3-15/h2-12H,14H2,1H3,(H,30,31)/b18-10+. The molecular weight excluding hydrogens is 499 g/mol. The van der Waals surface area contributed by atoms with Crippen LogP contribution in [0.5, 0.6) is 5.75 Å². The average Bonchev–Trinajstić information content (AvgIpc) is 2.82. The molecule has 172 valence electrons. The first-order valence-electron chi connectivity index (χ1n) is 9.78. The molecule has 1 N–H and O–H groups in total. The fourth-order valence-electron chi connectivity index (χ4n) is 2.89. The highest BCUT2D eigenvalue weighted by Gasteiger charge is 2.15. The van der Waals surface area contributed by atoms with Crippen LogP contribution in [-0.2, 0) is 16.1 Å². The van der Waals surface area contributed by atoms with Gasteiger partial charge < -0.3 is 14.8 Å². The van der Waals surface area contributed by atoms with Crippen molar-refractivity contribution in [3.05, 3.63) is 98.0 Å². The van der Waals surface area contributed by atoms with Crippen LogP contribution in [0.15, 0.2) is 66.2 Å². The summed E-state index contributed by atoms with van der Waals surface area (Å²) in [6.07, 6.45) is 1.34. The summed E-state index contributed by atoms with van der Waals surface area (Å²) in [5.74, 6) is -0.892. The number of anilines is 1. The lowest BCUT2D eigenvalue weighted by atomic mass is 10.1. The van der Waals surface area contributed by atoms with Crippen molar-refractivity contribution in [2.24, 2.45) is 0 Å². The Morgan fingerprint density at radius 1 is 1.00 bits per heavy atom. The number of nitriles is 1. The first-order chi connectivity index (χ1) is 16.3. The molecule has 3 aromatic rings. The van der Waals surface area contributed by atoms with Crippen LogP contribution in [0.3, 0.4) is 0 Å². The second kappa shape index (κ2) is 11.6. The van der Waals surface area contributed by atoms with E-state index in [1.165, 1.54) is 43.5 Å². The molecule has 0 radical (unpaired) electrons. The molecule has 0 bridgehead atoms. The molecule has 0 aliphatic rings. The highest BCUT2D eigenvalue weighted by Crippen LogP contribution is 2.34. The Kier molecular flexibility index (Phi) is 8.55. The number of methoxy groups -OCH3 is 1. The molecule has 34 heavy (non-hydrogen) atoms. The van der Waals surface area contributed by atoms with Crippen molar-refractivity contribution in [2.75, 3.05) is 12.4 Å². The third kappa shape index (κ3) is 6.52. The van der Waals surface area contributed by atoms with Crippen LogP contribution in [0.4, 0.5) is 5.69 Å². The van der Waals surface area contributed by atoms with Gasteiger partial charge in [-0.2, -0.15) is 5.26 Å². The van der Waals surface area contributed by atoms with Gasteiger partial charge in [-0.3, -0.25) is 4.79 Å². The molecule has 0 saturated heterocycles. The van der Waals surface area contributed by atoms with Gasteiger partial charge in [0.25, 0.3) is 5.91 Å². The molecule has 9 heteroatoms. The van der Waals surface area contributed by atoms with Crippen molar-refractivity contribution in [3.63, 3.8) is 0 Å². The molecular formula is C25H17Cl3N2O4. The molecule has 3 rings (SSSR count). The number of hydrogen-bond acceptors (Lipinski definition) is 5. The van der Waals surface area contributed by atoms with E-state index in [1.54, 1.807) is 30.3 Å². The summed E-state index contributed by atoms with van der Waals surface area (Å²) in [5.41, 5.74) is 1.72.